The van der Waals surface area contributed by atoms with Crippen LogP contribution in [0.3, 0.4) is 0 Å². The van der Waals surface area contributed by atoms with Gasteiger partial charge in [-0.15, -0.1) is 0 Å². The molecule has 82 valence electrons. The predicted molar refractivity (Wildman–Crippen MR) is 57.8 cm³/mol. The van der Waals surface area contributed by atoms with Crippen LogP contribution in [0.25, 0.3) is 0 Å². The summed E-state index contributed by atoms with van der Waals surface area (Å²) >= 11 is 0. The van der Waals surface area contributed by atoms with Crippen molar-refractivity contribution in [3.63, 3.8) is 0 Å². The molecule has 0 saturated carbocycles. The minimum absolute atomic E-state index is 0.154. The minimum atomic E-state index is -0.467. The smallest absolute Gasteiger partial charge is 0.291 e. The van der Waals surface area contributed by atoms with Gasteiger partial charge in [-0.1, -0.05) is 6.07 Å². The lowest BCUT2D eigenvalue weighted by Crippen LogP contribution is -2.12. The van der Waals surface area contributed by atoms with Crippen LogP contribution in [-0.2, 0) is 0 Å². The van der Waals surface area contributed by atoms with Crippen molar-refractivity contribution in [3.05, 3.63) is 53.7 Å². The third kappa shape index (κ3) is 2.11. The van der Waals surface area contributed by atoms with Gasteiger partial charge in [0.25, 0.3) is 5.91 Å². The van der Waals surface area contributed by atoms with Crippen LogP contribution in [0.5, 0.6) is 0 Å². The molecule has 0 radical (unpaired) electrons. The van der Waals surface area contributed by atoms with Gasteiger partial charge in [0.15, 0.2) is 5.76 Å². The van der Waals surface area contributed by atoms with Crippen molar-refractivity contribution in [2.24, 2.45) is 0 Å². The maximum Gasteiger partial charge on any atom is 0.291 e. The second-order valence-corrected chi connectivity index (χ2v) is 3.41. The average Bonchev–Trinajstić information content (AvgIpc) is 2.76. The molecule has 1 amide bonds. The zero-order chi connectivity index (χ0) is 11.5. The molecular formula is C12H10FNO2. The van der Waals surface area contributed by atoms with Gasteiger partial charge in [0, 0.05) is 0 Å². The number of amides is 1. The number of nitrogens with one attached hydrogen (secondary N) is 1. The molecule has 1 heterocycles. The third-order valence-electron chi connectivity index (χ3n) is 2.12. The van der Waals surface area contributed by atoms with Gasteiger partial charge in [0.2, 0.25) is 0 Å². The van der Waals surface area contributed by atoms with E-state index in [1.165, 1.54) is 18.4 Å². The first-order chi connectivity index (χ1) is 7.66. The van der Waals surface area contributed by atoms with Crippen LogP contribution in [0.2, 0.25) is 0 Å². The third-order valence-corrected chi connectivity index (χ3v) is 2.12. The number of hydrogen-bond acceptors (Lipinski definition) is 2. The Balaban J connectivity index is 2.21. The second kappa shape index (κ2) is 4.18. The van der Waals surface area contributed by atoms with E-state index < -0.39 is 11.7 Å². The highest BCUT2D eigenvalue weighted by Gasteiger charge is 2.11. The maximum absolute atomic E-state index is 13.3. The van der Waals surface area contributed by atoms with Crippen LogP contribution in [0.1, 0.15) is 16.1 Å². The summed E-state index contributed by atoms with van der Waals surface area (Å²) in [7, 11) is 0. The molecule has 0 fully saturated rings. The molecule has 0 aliphatic carbocycles. The molecule has 2 aromatic rings. The molecule has 16 heavy (non-hydrogen) atoms. The molecular weight excluding hydrogens is 209 g/mol. The molecule has 0 unspecified atom stereocenters. The van der Waals surface area contributed by atoms with E-state index in [2.05, 4.69) is 5.32 Å². The number of halogens is 1. The van der Waals surface area contributed by atoms with Crippen LogP contribution in [-0.4, -0.2) is 5.91 Å². The highest BCUT2D eigenvalue weighted by atomic mass is 19.1. The fourth-order valence-corrected chi connectivity index (χ4v) is 1.33. The number of rotatable bonds is 2. The lowest BCUT2D eigenvalue weighted by Gasteiger charge is -2.05. The van der Waals surface area contributed by atoms with Crippen molar-refractivity contribution in [2.45, 2.75) is 6.92 Å². The number of carbonyl (C=O) groups is 1. The zero-order valence-electron chi connectivity index (χ0n) is 8.66. The second-order valence-electron chi connectivity index (χ2n) is 3.41. The van der Waals surface area contributed by atoms with Crippen LogP contribution in [0.4, 0.5) is 10.1 Å². The first-order valence-electron chi connectivity index (χ1n) is 4.78. The molecule has 0 bridgehead atoms. The molecule has 0 saturated heterocycles. The van der Waals surface area contributed by atoms with Gasteiger partial charge in [0.05, 0.1) is 12.0 Å². The largest absolute Gasteiger partial charge is 0.459 e. The summed E-state index contributed by atoms with van der Waals surface area (Å²) in [5.74, 6) is -0.777. The van der Waals surface area contributed by atoms with Gasteiger partial charge < -0.3 is 9.73 Å². The number of carbonyl (C=O) groups excluding carboxylic acids is 1. The number of hydrogen-bond donors (Lipinski definition) is 1. The fraction of sp³-hybridized carbons (Fsp3) is 0.0833. The topological polar surface area (TPSA) is 42.2 Å². The Kier molecular flexibility index (Phi) is 2.72. The molecule has 1 aromatic carbocycles. The zero-order valence-corrected chi connectivity index (χ0v) is 8.66. The van der Waals surface area contributed by atoms with E-state index in [1.807, 2.05) is 6.92 Å². The summed E-state index contributed by atoms with van der Waals surface area (Å²) in [5, 5.41) is 2.45. The monoisotopic (exact) mass is 219 g/mol. The van der Waals surface area contributed by atoms with E-state index >= 15 is 0 Å². The van der Waals surface area contributed by atoms with Crippen LogP contribution in [0, 0.1) is 12.7 Å². The highest BCUT2D eigenvalue weighted by molar-refractivity contribution is 6.02. The van der Waals surface area contributed by atoms with Crippen molar-refractivity contribution in [3.8, 4) is 0 Å². The fourth-order valence-electron chi connectivity index (χ4n) is 1.33. The molecule has 4 heteroatoms. The minimum Gasteiger partial charge on any atom is -0.459 e. The summed E-state index contributed by atoms with van der Waals surface area (Å²) in [6.07, 6.45) is 1.39. The lowest BCUT2D eigenvalue weighted by molar-refractivity contribution is 0.0996. The van der Waals surface area contributed by atoms with E-state index in [0.29, 0.717) is 0 Å². The molecule has 3 nitrogen and oxygen atoms in total. The molecule has 2 rings (SSSR count). The normalized spacial score (nSPS) is 10.1. The summed E-state index contributed by atoms with van der Waals surface area (Å²) in [6, 6.07) is 7.63. The first-order valence-corrected chi connectivity index (χ1v) is 4.78. The van der Waals surface area contributed by atoms with E-state index in [-0.39, 0.29) is 11.4 Å². The quantitative estimate of drug-likeness (QED) is 0.843. The molecule has 0 atom stereocenters. The maximum atomic E-state index is 13.3. The SMILES string of the molecule is Cc1ccc(F)c(NC(=O)c2ccco2)c1. The van der Waals surface area contributed by atoms with Gasteiger partial charge in [-0.3, -0.25) is 4.79 Å². The van der Waals surface area contributed by atoms with E-state index in [9.17, 15) is 9.18 Å². The Bertz CT molecular complexity index is 506. The average molecular weight is 219 g/mol. The Morgan fingerprint density at radius 3 is 2.88 bits per heavy atom. The molecule has 0 aliphatic rings. The van der Waals surface area contributed by atoms with Gasteiger partial charge >= 0.3 is 0 Å². The lowest BCUT2D eigenvalue weighted by atomic mass is 10.2. The van der Waals surface area contributed by atoms with Gasteiger partial charge in [-0.25, -0.2) is 4.39 Å². The molecule has 1 N–H and O–H groups in total. The molecule has 0 spiro atoms. The van der Waals surface area contributed by atoms with Crippen molar-refractivity contribution in [1.82, 2.24) is 0 Å². The van der Waals surface area contributed by atoms with Gasteiger partial charge in [-0.05, 0) is 36.8 Å². The predicted octanol–water partition coefficient (Wildman–Crippen LogP) is 2.98. The first kappa shape index (κ1) is 10.4. The Morgan fingerprint density at radius 1 is 1.38 bits per heavy atom. The highest BCUT2D eigenvalue weighted by Crippen LogP contribution is 2.16. The summed E-state index contributed by atoms with van der Waals surface area (Å²) in [5.41, 5.74) is 1.03. The van der Waals surface area contributed by atoms with E-state index in [0.717, 1.165) is 5.56 Å². The van der Waals surface area contributed by atoms with E-state index in [4.69, 9.17) is 4.42 Å². The Hall–Kier alpha value is -2.10. The van der Waals surface area contributed by atoms with Crippen LogP contribution >= 0.6 is 0 Å². The molecule has 1 aromatic heterocycles. The van der Waals surface area contributed by atoms with Crippen LogP contribution < -0.4 is 5.32 Å². The summed E-state index contributed by atoms with van der Waals surface area (Å²) in [6.45, 7) is 1.82. The van der Waals surface area contributed by atoms with Crippen LogP contribution in [0.15, 0.2) is 41.0 Å². The van der Waals surface area contributed by atoms with Gasteiger partial charge in [0.1, 0.15) is 5.82 Å². The van der Waals surface area contributed by atoms with Gasteiger partial charge in [-0.2, -0.15) is 0 Å². The molecule has 0 aliphatic heterocycles. The summed E-state index contributed by atoms with van der Waals surface area (Å²) in [4.78, 5) is 11.6. The number of anilines is 1. The van der Waals surface area contributed by atoms with Crippen molar-refractivity contribution < 1.29 is 13.6 Å². The van der Waals surface area contributed by atoms with E-state index in [1.54, 1.807) is 18.2 Å². The standard InChI is InChI=1S/C12H10FNO2/c1-8-4-5-9(13)10(7-8)14-12(15)11-3-2-6-16-11/h2-7H,1H3,(H,14,15). The number of aryl methyl sites for hydroxylation is 1. The Morgan fingerprint density at radius 2 is 2.19 bits per heavy atom. The number of benzene rings is 1. The Labute approximate surface area is 91.9 Å². The van der Waals surface area contributed by atoms with Crippen molar-refractivity contribution in [1.29, 1.82) is 0 Å². The summed E-state index contributed by atoms with van der Waals surface area (Å²) < 4.78 is 18.2. The van der Waals surface area contributed by atoms with Crippen molar-refractivity contribution >= 4 is 11.6 Å². The number of furan rings is 1. The van der Waals surface area contributed by atoms with Crippen molar-refractivity contribution in [2.75, 3.05) is 5.32 Å².